The first kappa shape index (κ1) is 53.4. The van der Waals surface area contributed by atoms with Crippen molar-refractivity contribution >= 4 is 0 Å². The fourth-order valence-corrected chi connectivity index (χ4v) is 0. The molecule has 0 aliphatic heterocycles. The summed E-state index contributed by atoms with van der Waals surface area (Å²) in [6, 6.07) is 0. The van der Waals surface area contributed by atoms with Crippen LogP contribution in [-0.4, -0.2) is 90.7 Å². The standard InChI is InChI=1S/4C2H3F3O2.2H2O.2Rh/c4*3-2(4,5)1(6)7;;;;/h4*1,6-7H;2*1H2;;/p+2. The Kier molecular flexibility index (Phi) is 35.9. The van der Waals surface area contributed by atoms with E-state index in [4.69, 9.17) is 40.9 Å². The number of aliphatic hydroxyl groups is 8. The number of hydrogen-bond acceptors (Lipinski definition) is 8. The van der Waals surface area contributed by atoms with Crippen molar-refractivity contribution in [3.8, 4) is 0 Å². The molecule has 0 fully saturated rings. The summed E-state index contributed by atoms with van der Waals surface area (Å²) in [6.07, 6.45) is -32.4. The summed E-state index contributed by atoms with van der Waals surface area (Å²) in [6.45, 7) is 0. The number of rotatable bonds is 0. The molecule has 24 heteroatoms. The van der Waals surface area contributed by atoms with Gasteiger partial charge in [-0.05, 0) is 0 Å². The minimum atomic E-state index is -4.89. The van der Waals surface area contributed by atoms with Crippen LogP contribution < -0.4 is 0 Å². The summed E-state index contributed by atoms with van der Waals surface area (Å²) >= 11 is 0. The van der Waals surface area contributed by atoms with Crippen LogP contribution in [0.5, 0.6) is 0 Å². The molecular weight excluding hydrogens is 690 g/mol. The van der Waals surface area contributed by atoms with Crippen LogP contribution in [0.15, 0.2) is 0 Å². The van der Waals surface area contributed by atoms with Crippen molar-refractivity contribution in [3.63, 3.8) is 0 Å². The molecule has 0 bridgehead atoms. The van der Waals surface area contributed by atoms with Crippen LogP contribution in [0.4, 0.5) is 52.7 Å². The van der Waals surface area contributed by atoms with Crippen molar-refractivity contribution < 1.29 is 143 Å². The van der Waals surface area contributed by atoms with E-state index in [1.807, 2.05) is 0 Å². The molecule has 10 nitrogen and oxygen atoms in total. The number of aliphatic hydroxyl groups excluding tert-OH is 4. The minimum absolute atomic E-state index is 0. The molecule has 0 atom stereocenters. The van der Waals surface area contributed by atoms with Crippen LogP contribution in [0, 0.1) is 0 Å². The van der Waals surface area contributed by atoms with E-state index in [9.17, 15) is 52.7 Å². The fraction of sp³-hybridized carbons (Fsp3) is 1.00. The van der Waals surface area contributed by atoms with Crippen molar-refractivity contribution in [2.45, 2.75) is 49.9 Å². The maximum absolute atomic E-state index is 10.7. The van der Waals surface area contributed by atoms with E-state index in [1.165, 1.54) is 0 Å². The van der Waals surface area contributed by atoms with E-state index in [2.05, 4.69) is 0 Å². The molecule has 0 aromatic rings. The third kappa shape index (κ3) is 43.8. The van der Waals surface area contributed by atoms with Gasteiger partial charge in [0, 0.05) is 39.0 Å². The average molecular weight is 708 g/mol. The predicted octanol–water partition coefficient (Wildman–Crippen LogP) is -2.41. The molecule has 0 saturated carbocycles. The van der Waals surface area contributed by atoms with Gasteiger partial charge in [0.15, 0.2) is 0 Å². The Balaban J connectivity index is -0.0000000384. The topological polar surface area (TPSA) is 228 Å². The summed E-state index contributed by atoms with van der Waals surface area (Å²) < 4.78 is 128. The van der Waals surface area contributed by atoms with E-state index in [-0.39, 0.29) is 49.9 Å². The van der Waals surface area contributed by atoms with Crippen molar-refractivity contribution in [1.82, 2.24) is 0 Å². The van der Waals surface area contributed by atoms with Crippen molar-refractivity contribution in [2.24, 2.45) is 0 Å². The van der Waals surface area contributed by atoms with Gasteiger partial charge in [-0.2, -0.15) is 52.7 Å². The van der Waals surface area contributed by atoms with E-state index in [1.54, 1.807) is 0 Å². The van der Waals surface area contributed by atoms with Gasteiger partial charge in [-0.1, -0.05) is 0 Å². The van der Waals surface area contributed by atoms with Crippen molar-refractivity contribution in [2.75, 3.05) is 0 Å². The van der Waals surface area contributed by atoms with Crippen LogP contribution in [0.1, 0.15) is 0 Å². The fourth-order valence-electron chi connectivity index (χ4n) is 0. The monoisotopic (exact) mass is 708 g/mol. The first-order valence-electron chi connectivity index (χ1n) is 5.49. The quantitative estimate of drug-likeness (QED) is 0.0584. The third-order valence-corrected chi connectivity index (χ3v) is 1.17. The average Bonchev–Trinajstić information content (AvgIpc) is 2.35. The largest absolute Gasteiger partial charge is 0.457 e. The number of halogens is 12. The zero-order valence-corrected chi connectivity index (χ0v) is 17.5. The van der Waals surface area contributed by atoms with Crippen molar-refractivity contribution in [1.29, 1.82) is 0 Å². The molecule has 210 valence electrons. The van der Waals surface area contributed by atoms with Crippen LogP contribution in [0.3, 0.4) is 0 Å². The molecular formula is C8H18F12O10Rh2+2. The minimum Gasteiger partial charge on any atom is -0.457 e. The molecule has 0 spiro atoms. The first-order valence-corrected chi connectivity index (χ1v) is 5.49. The second kappa shape index (κ2) is 21.5. The summed E-state index contributed by atoms with van der Waals surface area (Å²) in [5.74, 6) is 0. The number of hydrogen-bond donors (Lipinski definition) is 8. The molecule has 0 rings (SSSR count). The molecule has 32 heavy (non-hydrogen) atoms. The summed E-state index contributed by atoms with van der Waals surface area (Å²) in [4.78, 5) is 0. The van der Waals surface area contributed by atoms with Gasteiger partial charge in [0.2, 0.25) is 0 Å². The molecule has 0 unspecified atom stereocenters. The SMILES string of the molecule is OC(O)C(F)(F)F.OC(O)C(F)(F)F.OC(O)C(F)(F)F.OC(O)C(F)(F)F.[OH3+].[OH3+].[Rh].[Rh]. The molecule has 0 aromatic carbocycles. The maximum atomic E-state index is 10.7. The third-order valence-electron chi connectivity index (χ3n) is 1.17. The molecule has 14 N–H and O–H groups in total. The Hall–Kier alpha value is 0.00675. The predicted molar refractivity (Wildman–Crippen MR) is 66.9 cm³/mol. The van der Waals surface area contributed by atoms with Gasteiger partial charge in [-0.15, -0.1) is 0 Å². The Bertz CT molecular complexity index is 312. The van der Waals surface area contributed by atoms with Gasteiger partial charge in [0.05, 0.1) is 0 Å². The van der Waals surface area contributed by atoms with E-state index >= 15 is 0 Å². The summed E-state index contributed by atoms with van der Waals surface area (Å²) in [5.41, 5.74) is 0. The Morgan fingerprint density at radius 1 is 0.312 bits per heavy atom. The molecule has 2 radical (unpaired) electrons. The van der Waals surface area contributed by atoms with Crippen LogP contribution in [-0.2, 0) is 49.9 Å². The molecule has 0 amide bonds. The normalized spacial score (nSPS) is 11.2. The summed E-state index contributed by atoms with van der Waals surface area (Å²) in [5, 5.41) is 58.6. The Morgan fingerprint density at radius 3 is 0.344 bits per heavy atom. The maximum Gasteiger partial charge on any atom is 0.439 e. The van der Waals surface area contributed by atoms with Gasteiger partial charge in [-0.3, -0.25) is 0 Å². The second-order valence-electron chi connectivity index (χ2n) is 3.66. The summed E-state index contributed by atoms with van der Waals surface area (Å²) in [7, 11) is 0. The van der Waals surface area contributed by atoms with Gasteiger partial charge in [-0.25, -0.2) is 0 Å². The first-order chi connectivity index (χ1) is 11.8. The van der Waals surface area contributed by atoms with Gasteiger partial charge >= 0.3 is 24.7 Å². The van der Waals surface area contributed by atoms with Gasteiger partial charge in [0.1, 0.15) is 0 Å². The van der Waals surface area contributed by atoms with Crippen LogP contribution in [0.2, 0.25) is 0 Å². The molecule has 0 saturated heterocycles. The number of alkyl halides is 12. The second-order valence-corrected chi connectivity index (χ2v) is 3.66. The Labute approximate surface area is 193 Å². The van der Waals surface area contributed by atoms with Crippen LogP contribution in [0.25, 0.3) is 0 Å². The smallest absolute Gasteiger partial charge is 0.439 e. The zero-order valence-electron chi connectivity index (χ0n) is 14.2. The van der Waals surface area contributed by atoms with Gasteiger partial charge < -0.3 is 51.8 Å². The van der Waals surface area contributed by atoms with E-state index in [0.29, 0.717) is 0 Å². The Morgan fingerprint density at radius 2 is 0.344 bits per heavy atom. The van der Waals surface area contributed by atoms with Crippen molar-refractivity contribution in [3.05, 3.63) is 0 Å². The van der Waals surface area contributed by atoms with E-state index in [0.717, 1.165) is 0 Å². The zero-order chi connectivity index (χ0) is 24.3. The molecule has 0 aromatic heterocycles. The van der Waals surface area contributed by atoms with Crippen LogP contribution >= 0.6 is 0 Å². The molecule has 0 aliphatic rings. The van der Waals surface area contributed by atoms with E-state index < -0.39 is 49.9 Å². The molecule has 0 heterocycles. The molecule has 0 aliphatic carbocycles. The van der Waals surface area contributed by atoms with Gasteiger partial charge in [0.25, 0.3) is 25.2 Å².